The minimum absolute atomic E-state index is 0.0537. The van der Waals surface area contributed by atoms with Gasteiger partial charge in [0.15, 0.2) is 5.96 Å². The number of nitrogens with zero attached hydrogens (tertiary/aromatic N) is 3. The van der Waals surface area contributed by atoms with Gasteiger partial charge in [-0.2, -0.15) is 0 Å². The summed E-state index contributed by atoms with van der Waals surface area (Å²) in [7, 11) is 0. The Morgan fingerprint density at radius 1 is 1.21 bits per heavy atom. The maximum Gasteiger partial charge on any atom is 0.225 e. The molecule has 0 saturated carbocycles. The molecule has 0 aliphatic carbocycles. The normalized spacial score (nSPS) is 17.3. The molecule has 1 aliphatic rings. The molecule has 2 N–H and O–H groups in total. The average Bonchev–Trinajstić information content (AvgIpc) is 3.18. The van der Waals surface area contributed by atoms with Gasteiger partial charge in [0.05, 0.1) is 6.54 Å². The molecule has 0 spiro atoms. The molecule has 0 aromatic heterocycles. The highest BCUT2D eigenvalue weighted by atomic mass is 16.2. The van der Waals surface area contributed by atoms with Gasteiger partial charge < -0.3 is 15.5 Å². The third-order valence-electron chi connectivity index (χ3n) is 5.49. The van der Waals surface area contributed by atoms with Crippen molar-refractivity contribution in [2.45, 2.75) is 60.2 Å². The lowest BCUT2D eigenvalue weighted by Crippen LogP contribution is -2.45. The first-order valence-corrected chi connectivity index (χ1v) is 11.1. The zero-order chi connectivity index (χ0) is 21.2. The Hall–Kier alpha value is -2.08. The van der Waals surface area contributed by atoms with E-state index in [9.17, 15) is 4.79 Å². The van der Waals surface area contributed by atoms with Gasteiger partial charge in [0.1, 0.15) is 0 Å². The SMILES string of the molecule is CCNC(=NCc1ccccc1CN(CC)CC)NC1CCN(C(=O)C(C)C)C1. The Kier molecular flexibility index (Phi) is 9.45. The van der Waals surface area contributed by atoms with Crippen molar-refractivity contribution in [3.8, 4) is 0 Å². The van der Waals surface area contributed by atoms with Gasteiger partial charge in [0.25, 0.3) is 0 Å². The van der Waals surface area contributed by atoms with Crippen LogP contribution in [0.25, 0.3) is 0 Å². The van der Waals surface area contributed by atoms with E-state index in [1.54, 1.807) is 0 Å². The first-order chi connectivity index (χ1) is 14.0. The second kappa shape index (κ2) is 11.8. The summed E-state index contributed by atoms with van der Waals surface area (Å²) in [5.41, 5.74) is 2.60. The molecule has 1 atom stereocenters. The van der Waals surface area contributed by atoms with Crippen molar-refractivity contribution in [3.05, 3.63) is 35.4 Å². The number of amides is 1. The Bertz CT molecular complexity index is 669. The standard InChI is InChI=1S/C23H39N5O/c1-6-24-23(26-21-13-14-28(17-21)22(29)18(4)5)25-15-19-11-9-10-12-20(19)16-27(7-2)8-3/h9-12,18,21H,6-8,13-17H2,1-5H3,(H2,24,25,26). The maximum atomic E-state index is 12.2. The Balaban J connectivity index is 2.02. The van der Waals surface area contributed by atoms with E-state index in [-0.39, 0.29) is 17.9 Å². The Morgan fingerprint density at radius 2 is 1.90 bits per heavy atom. The van der Waals surface area contributed by atoms with Crippen molar-refractivity contribution in [1.82, 2.24) is 20.4 Å². The van der Waals surface area contributed by atoms with Crippen molar-refractivity contribution < 1.29 is 4.79 Å². The number of likely N-dealkylation sites (tertiary alicyclic amines) is 1. The average molecular weight is 402 g/mol. The maximum absolute atomic E-state index is 12.2. The van der Waals surface area contributed by atoms with E-state index in [1.807, 2.05) is 18.7 Å². The lowest BCUT2D eigenvalue weighted by atomic mass is 10.1. The third-order valence-corrected chi connectivity index (χ3v) is 5.49. The number of carbonyl (C=O) groups is 1. The molecule has 1 saturated heterocycles. The second-order valence-corrected chi connectivity index (χ2v) is 7.99. The van der Waals surface area contributed by atoms with Crippen LogP contribution in [0.2, 0.25) is 0 Å². The predicted octanol–water partition coefficient (Wildman–Crippen LogP) is 2.84. The van der Waals surface area contributed by atoms with Crippen LogP contribution < -0.4 is 10.6 Å². The predicted molar refractivity (Wildman–Crippen MR) is 121 cm³/mol. The molecule has 0 bridgehead atoms. The van der Waals surface area contributed by atoms with Crippen LogP contribution in [-0.4, -0.2) is 60.4 Å². The molecule has 1 aromatic rings. The largest absolute Gasteiger partial charge is 0.357 e. The zero-order valence-electron chi connectivity index (χ0n) is 18.9. The van der Waals surface area contributed by atoms with Crippen LogP contribution >= 0.6 is 0 Å². The molecule has 1 heterocycles. The molecule has 1 amide bonds. The van der Waals surface area contributed by atoms with E-state index >= 15 is 0 Å². The number of hydrogen-bond acceptors (Lipinski definition) is 3. The summed E-state index contributed by atoms with van der Waals surface area (Å²) in [6, 6.07) is 8.82. The van der Waals surface area contributed by atoms with Gasteiger partial charge in [0, 0.05) is 38.1 Å². The minimum Gasteiger partial charge on any atom is -0.357 e. The highest BCUT2D eigenvalue weighted by Gasteiger charge is 2.27. The van der Waals surface area contributed by atoms with Crippen LogP contribution in [0.1, 0.15) is 52.2 Å². The van der Waals surface area contributed by atoms with Crippen molar-refractivity contribution in [3.63, 3.8) is 0 Å². The summed E-state index contributed by atoms with van der Waals surface area (Å²) < 4.78 is 0. The fourth-order valence-corrected chi connectivity index (χ4v) is 3.68. The van der Waals surface area contributed by atoms with Gasteiger partial charge >= 0.3 is 0 Å². The molecule has 1 aliphatic heterocycles. The van der Waals surface area contributed by atoms with E-state index in [4.69, 9.17) is 4.99 Å². The van der Waals surface area contributed by atoms with Crippen molar-refractivity contribution in [1.29, 1.82) is 0 Å². The van der Waals surface area contributed by atoms with Gasteiger partial charge in [-0.15, -0.1) is 0 Å². The minimum atomic E-state index is 0.0537. The summed E-state index contributed by atoms with van der Waals surface area (Å²) in [5.74, 6) is 1.12. The summed E-state index contributed by atoms with van der Waals surface area (Å²) in [5, 5.41) is 6.88. The van der Waals surface area contributed by atoms with Crippen LogP contribution in [0.15, 0.2) is 29.3 Å². The lowest BCUT2D eigenvalue weighted by molar-refractivity contribution is -0.133. The number of aliphatic imine (C=N–C) groups is 1. The molecule has 1 fully saturated rings. The molecule has 6 heteroatoms. The smallest absolute Gasteiger partial charge is 0.225 e. The molecular formula is C23H39N5O. The Labute approximate surface area is 176 Å². The highest BCUT2D eigenvalue weighted by molar-refractivity contribution is 5.81. The molecule has 162 valence electrons. The summed E-state index contributed by atoms with van der Waals surface area (Å²) in [6.07, 6.45) is 0.960. The number of guanidine groups is 1. The van der Waals surface area contributed by atoms with E-state index in [1.165, 1.54) is 11.1 Å². The van der Waals surface area contributed by atoms with Crippen molar-refractivity contribution in [2.24, 2.45) is 10.9 Å². The molecule has 1 unspecified atom stereocenters. The molecule has 0 radical (unpaired) electrons. The second-order valence-electron chi connectivity index (χ2n) is 7.99. The molecule has 2 rings (SSSR count). The molecule has 29 heavy (non-hydrogen) atoms. The van der Waals surface area contributed by atoms with Crippen molar-refractivity contribution in [2.75, 3.05) is 32.7 Å². The Morgan fingerprint density at radius 3 is 2.52 bits per heavy atom. The van der Waals surface area contributed by atoms with Gasteiger partial charge in [-0.25, -0.2) is 4.99 Å². The lowest BCUT2D eigenvalue weighted by Gasteiger charge is -2.21. The molecule has 1 aromatic carbocycles. The van der Waals surface area contributed by atoms with E-state index in [0.29, 0.717) is 6.54 Å². The summed E-state index contributed by atoms with van der Waals surface area (Å²) in [4.78, 5) is 21.5. The number of hydrogen-bond donors (Lipinski definition) is 2. The van der Waals surface area contributed by atoms with Gasteiger partial charge in [-0.1, -0.05) is 52.0 Å². The van der Waals surface area contributed by atoms with Gasteiger partial charge in [-0.3, -0.25) is 9.69 Å². The first kappa shape index (κ1) is 23.2. The zero-order valence-corrected chi connectivity index (χ0v) is 18.9. The molecular weight excluding hydrogens is 362 g/mol. The van der Waals surface area contributed by atoms with Crippen LogP contribution in [0.3, 0.4) is 0 Å². The topological polar surface area (TPSA) is 60.0 Å². The van der Waals surface area contributed by atoms with E-state index in [0.717, 1.165) is 51.6 Å². The third kappa shape index (κ3) is 7.03. The fourth-order valence-electron chi connectivity index (χ4n) is 3.68. The van der Waals surface area contributed by atoms with Gasteiger partial charge in [-0.05, 0) is 37.6 Å². The number of carbonyl (C=O) groups excluding carboxylic acids is 1. The monoisotopic (exact) mass is 401 g/mol. The fraction of sp³-hybridized carbons (Fsp3) is 0.652. The number of rotatable bonds is 9. The highest BCUT2D eigenvalue weighted by Crippen LogP contribution is 2.14. The van der Waals surface area contributed by atoms with Crippen LogP contribution in [-0.2, 0) is 17.9 Å². The van der Waals surface area contributed by atoms with E-state index in [2.05, 4.69) is 60.6 Å². The van der Waals surface area contributed by atoms with Crippen molar-refractivity contribution >= 4 is 11.9 Å². The van der Waals surface area contributed by atoms with Crippen LogP contribution in [0, 0.1) is 5.92 Å². The quantitative estimate of drug-likeness (QED) is 0.493. The number of benzene rings is 1. The molecule has 6 nitrogen and oxygen atoms in total. The summed E-state index contributed by atoms with van der Waals surface area (Å²) >= 11 is 0. The van der Waals surface area contributed by atoms with Crippen LogP contribution in [0.4, 0.5) is 0 Å². The summed E-state index contributed by atoms with van der Waals surface area (Å²) in [6.45, 7) is 16.5. The van der Waals surface area contributed by atoms with Gasteiger partial charge in [0.2, 0.25) is 5.91 Å². The number of nitrogens with one attached hydrogen (secondary N) is 2. The van der Waals surface area contributed by atoms with E-state index < -0.39 is 0 Å². The first-order valence-electron chi connectivity index (χ1n) is 11.1. The van der Waals surface area contributed by atoms with Crippen LogP contribution in [0.5, 0.6) is 0 Å².